The Balaban J connectivity index is 0.000000204. The summed E-state index contributed by atoms with van der Waals surface area (Å²) in [4.78, 5) is 10.7. The molecular weight excluding hydrogens is 328 g/mol. The average molecular weight is 365 g/mol. The highest BCUT2D eigenvalue weighted by Crippen LogP contribution is 2.21. The van der Waals surface area contributed by atoms with Gasteiger partial charge in [-0.2, -0.15) is 0 Å². The first kappa shape index (κ1) is 22.9. The van der Waals surface area contributed by atoms with E-state index in [4.69, 9.17) is 0 Å². The molecule has 0 amide bonds. The van der Waals surface area contributed by atoms with E-state index in [0.717, 1.165) is 19.3 Å². The van der Waals surface area contributed by atoms with Crippen LogP contribution >= 0.6 is 0 Å². The maximum atomic E-state index is 10.7. The second kappa shape index (κ2) is 14.0. The number of benzene rings is 2. The molecular formula is C26H36O. The molecule has 1 heteroatoms. The Kier molecular flexibility index (Phi) is 11.8. The van der Waals surface area contributed by atoms with E-state index in [0.29, 0.717) is 11.7 Å². The molecule has 0 heterocycles. The summed E-state index contributed by atoms with van der Waals surface area (Å²) < 4.78 is 0. The molecule has 0 fully saturated rings. The summed E-state index contributed by atoms with van der Waals surface area (Å²) in [6.45, 7) is 8.07. The Hall–Kier alpha value is -2.15. The zero-order valence-corrected chi connectivity index (χ0v) is 17.6. The highest BCUT2D eigenvalue weighted by Gasteiger charge is 2.10. The Morgan fingerprint density at radius 3 is 1.96 bits per heavy atom. The van der Waals surface area contributed by atoms with Crippen LogP contribution in [0, 0.1) is 19.8 Å². The number of hydrogen-bond donors (Lipinski definition) is 0. The zero-order chi connectivity index (χ0) is 19.9. The fourth-order valence-corrected chi connectivity index (χ4v) is 3.02. The summed E-state index contributed by atoms with van der Waals surface area (Å²) in [6.07, 6.45) is 11.1. The first-order valence-corrected chi connectivity index (χ1v) is 10.2. The van der Waals surface area contributed by atoms with Crippen LogP contribution in [-0.4, -0.2) is 5.78 Å². The minimum absolute atomic E-state index is 0.334. The van der Waals surface area contributed by atoms with Gasteiger partial charge in [0.25, 0.3) is 0 Å². The normalized spacial score (nSPS) is 15.0. The maximum absolute atomic E-state index is 10.7. The van der Waals surface area contributed by atoms with Crippen molar-refractivity contribution in [3.05, 3.63) is 83.4 Å². The van der Waals surface area contributed by atoms with Crippen molar-refractivity contribution in [2.24, 2.45) is 5.92 Å². The molecule has 3 rings (SSSR count). The van der Waals surface area contributed by atoms with E-state index >= 15 is 0 Å². The van der Waals surface area contributed by atoms with Crippen molar-refractivity contribution < 1.29 is 4.79 Å². The molecule has 0 aromatic heterocycles. The smallest absolute Gasteiger partial charge is 0.130 e. The van der Waals surface area contributed by atoms with E-state index in [-0.39, 0.29) is 0 Å². The molecule has 0 bridgehead atoms. The number of hydrogen-bond acceptors (Lipinski definition) is 1. The van der Waals surface area contributed by atoms with Gasteiger partial charge in [0.2, 0.25) is 0 Å². The predicted octanol–water partition coefficient (Wildman–Crippen LogP) is 7.26. The molecule has 0 N–H and O–H groups in total. The van der Waals surface area contributed by atoms with Gasteiger partial charge in [-0.15, -0.1) is 0 Å². The van der Waals surface area contributed by atoms with Crippen LogP contribution in [0.5, 0.6) is 0 Å². The zero-order valence-electron chi connectivity index (χ0n) is 17.6. The van der Waals surface area contributed by atoms with E-state index in [9.17, 15) is 4.79 Å². The summed E-state index contributed by atoms with van der Waals surface area (Å²) in [5, 5.41) is 0. The number of Topliss-reactive ketones (excluding diaryl/α,β-unsaturated/α-hetero) is 1. The molecule has 1 unspecified atom stereocenters. The first-order valence-electron chi connectivity index (χ1n) is 10.2. The van der Waals surface area contributed by atoms with Crippen LogP contribution in [0.4, 0.5) is 0 Å². The van der Waals surface area contributed by atoms with Crippen molar-refractivity contribution in [2.45, 2.75) is 66.2 Å². The lowest BCUT2D eigenvalue weighted by atomic mass is 9.90. The summed E-state index contributed by atoms with van der Waals surface area (Å²) in [5.74, 6) is 0.975. The second-order valence-corrected chi connectivity index (χ2v) is 7.45. The van der Waals surface area contributed by atoms with E-state index in [1.54, 1.807) is 6.92 Å². The molecule has 0 saturated heterocycles. The van der Waals surface area contributed by atoms with Gasteiger partial charge < -0.3 is 4.79 Å². The molecule has 27 heavy (non-hydrogen) atoms. The van der Waals surface area contributed by atoms with Crippen LogP contribution in [0.25, 0.3) is 0 Å². The fraction of sp³-hybridized carbons (Fsp3) is 0.423. The van der Waals surface area contributed by atoms with Gasteiger partial charge in [0.15, 0.2) is 0 Å². The Morgan fingerprint density at radius 2 is 1.52 bits per heavy atom. The highest BCUT2D eigenvalue weighted by molar-refractivity contribution is 5.75. The van der Waals surface area contributed by atoms with Gasteiger partial charge in [0.1, 0.15) is 5.78 Å². The maximum Gasteiger partial charge on any atom is 0.130 e. The lowest BCUT2D eigenvalue weighted by Crippen LogP contribution is -2.06. The molecule has 1 nitrogen and oxygen atoms in total. The van der Waals surface area contributed by atoms with E-state index in [1.807, 2.05) is 0 Å². The van der Waals surface area contributed by atoms with Gasteiger partial charge in [-0.25, -0.2) is 0 Å². The van der Waals surface area contributed by atoms with Gasteiger partial charge in [0, 0.05) is 6.42 Å². The number of carbonyl (C=O) groups excluding carboxylic acids is 1. The third-order valence-corrected chi connectivity index (χ3v) is 4.55. The summed E-state index contributed by atoms with van der Waals surface area (Å²) >= 11 is 0. The standard InChI is InChI=1S/C9H14O.C9H12.C8H10/c1-8(10)7-9-5-3-2-4-6-9;1-2-6-9-7-4-3-5-8-9;1-7-3-5-8(2)6-4-7/h2-3,9H,4-7H2,1H3;3-5,7-8H,2,6H2,1H3;3-6H,1-2H3. The molecule has 2 aromatic rings. The van der Waals surface area contributed by atoms with Crippen LogP contribution in [0.15, 0.2) is 66.7 Å². The highest BCUT2D eigenvalue weighted by atomic mass is 16.1. The van der Waals surface area contributed by atoms with Crippen LogP contribution in [-0.2, 0) is 11.2 Å². The summed E-state index contributed by atoms with van der Waals surface area (Å²) in [6, 6.07) is 19.1. The number of aryl methyl sites for hydroxylation is 3. The molecule has 0 saturated carbocycles. The van der Waals surface area contributed by atoms with Crippen molar-refractivity contribution in [1.82, 2.24) is 0 Å². The van der Waals surface area contributed by atoms with Crippen molar-refractivity contribution >= 4 is 5.78 Å². The number of carbonyl (C=O) groups is 1. The fourth-order valence-electron chi connectivity index (χ4n) is 3.02. The molecule has 1 aliphatic carbocycles. The number of rotatable bonds is 4. The third-order valence-electron chi connectivity index (χ3n) is 4.55. The van der Waals surface area contributed by atoms with Crippen molar-refractivity contribution in [3.8, 4) is 0 Å². The van der Waals surface area contributed by atoms with Gasteiger partial charge in [0.05, 0.1) is 0 Å². The van der Waals surface area contributed by atoms with Crippen LogP contribution in [0.3, 0.4) is 0 Å². The average Bonchev–Trinajstić information content (AvgIpc) is 2.67. The first-order chi connectivity index (χ1) is 13.0. The lowest BCUT2D eigenvalue weighted by molar-refractivity contribution is -0.117. The lowest BCUT2D eigenvalue weighted by Gasteiger charge is -2.15. The Labute approximate surface area is 166 Å². The second-order valence-electron chi connectivity index (χ2n) is 7.45. The molecule has 1 atom stereocenters. The molecule has 0 spiro atoms. The Bertz CT molecular complexity index is 631. The summed E-state index contributed by atoms with van der Waals surface area (Å²) in [5.41, 5.74) is 4.10. The molecule has 146 valence electrons. The van der Waals surface area contributed by atoms with Crippen LogP contribution in [0.1, 0.15) is 62.6 Å². The largest absolute Gasteiger partial charge is 0.300 e. The topological polar surface area (TPSA) is 17.1 Å². The molecule has 0 aliphatic heterocycles. The van der Waals surface area contributed by atoms with Crippen molar-refractivity contribution in [3.63, 3.8) is 0 Å². The predicted molar refractivity (Wildman–Crippen MR) is 118 cm³/mol. The third kappa shape index (κ3) is 12.0. The minimum Gasteiger partial charge on any atom is -0.300 e. The van der Waals surface area contributed by atoms with Gasteiger partial charge >= 0.3 is 0 Å². The van der Waals surface area contributed by atoms with Crippen LogP contribution < -0.4 is 0 Å². The molecule has 1 aliphatic rings. The quantitative estimate of drug-likeness (QED) is 0.522. The summed E-state index contributed by atoms with van der Waals surface area (Å²) in [7, 11) is 0. The van der Waals surface area contributed by atoms with Gasteiger partial charge in [-0.05, 0) is 57.9 Å². The van der Waals surface area contributed by atoms with E-state index < -0.39 is 0 Å². The van der Waals surface area contributed by atoms with Crippen molar-refractivity contribution in [1.29, 1.82) is 0 Å². The Morgan fingerprint density at radius 1 is 0.926 bits per heavy atom. The van der Waals surface area contributed by atoms with E-state index in [1.165, 1.54) is 36.0 Å². The minimum atomic E-state index is 0.334. The van der Waals surface area contributed by atoms with Gasteiger partial charge in [-0.3, -0.25) is 0 Å². The molecule has 0 radical (unpaired) electrons. The van der Waals surface area contributed by atoms with Gasteiger partial charge in [-0.1, -0.05) is 91.2 Å². The van der Waals surface area contributed by atoms with E-state index in [2.05, 4.69) is 87.5 Å². The van der Waals surface area contributed by atoms with Crippen molar-refractivity contribution in [2.75, 3.05) is 0 Å². The SMILES string of the molecule is CC(=O)CC1CC=CCC1.CCCc1ccccc1.Cc1ccc(C)cc1. The number of ketones is 1. The molecule has 2 aromatic carbocycles. The van der Waals surface area contributed by atoms with Crippen LogP contribution in [0.2, 0.25) is 0 Å². The number of allylic oxidation sites excluding steroid dienone is 2. The monoisotopic (exact) mass is 364 g/mol.